The molecule has 0 heterocycles. The first-order valence-corrected chi connectivity index (χ1v) is 10.2. The number of hydrogen-bond donors (Lipinski definition) is 1. The van der Waals surface area contributed by atoms with Crippen LogP contribution in [-0.2, 0) is 4.79 Å². The highest BCUT2D eigenvalue weighted by Gasteiger charge is 2.24. The van der Waals surface area contributed by atoms with Gasteiger partial charge in [-0.2, -0.15) is 5.26 Å². The van der Waals surface area contributed by atoms with Crippen molar-refractivity contribution in [1.82, 2.24) is 5.32 Å². The number of carbonyl (C=O) groups excluding carboxylic acids is 1. The number of ether oxygens (including phenoxy) is 1. The molecule has 1 N–H and O–H groups in total. The predicted molar refractivity (Wildman–Crippen MR) is 113 cm³/mol. The molecule has 28 heavy (non-hydrogen) atoms. The third-order valence-electron chi connectivity index (χ3n) is 5.47. The number of benzene rings is 2. The first-order valence-electron chi connectivity index (χ1n) is 10.2. The van der Waals surface area contributed by atoms with Gasteiger partial charge in [0, 0.05) is 11.6 Å². The monoisotopic (exact) mass is 376 g/mol. The number of nitrogens with one attached hydrogen (secondary N) is 1. The summed E-state index contributed by atoms with van der Waals surface area (Å²) in [4.78, 5) is 12.8. The predicted octanol–water partition coefficient (Wildman–Crippen LogP) is 5.23. The minimum Gasteiger partial charge on any atom is -0.493 e. The van der Waals surface area contributed by atoms with E-state index in [9.17, 15) is 10.1 Å². The molecule has 0 spiro atoms. The quantitative estimate of drug-likeness (QED) is 0.554. The Morgan fingerprint density at radius 3 is 2.79 bits per heavy atom. The van der Waals surface area contributed by atoms with Crippen LogP contribution in [0.4, 0.5) is 0 Å². The van der Waals surface area contributed by atoms with Crippen molar-refractivity contribution in [2.45, 2.75) is 52.0 Å². The zero-order chi connectivity index (χ0) is 19.9. The van der Waals surface area contributed by atoms with Crippen molar-refractivity contribution in [3.8, 4) is 11.8 Å². The van der Waals surface area contributed by atoms with Crippen LogP contribution in [0.25, 0.3) is 16.8 Å². The van der Waals surface area contributed by atoms with Crippen LogP contribution in [0, 0.1) is 17.2 Å². The molecule has 1 aliphatic carbocycles. The molecule has 2 aromatic carbocycles. The maximum atomic E-state index is 12.8. The summed E-state index contributed by atoms with van der Waals surface area (Å²) >= 11 is 0. The van der Waals surface area contributed by atoms with Gasteiger partial charge in [0.1, 0.15) is 17.4 Å². The number of hydrogen-bond acceptors (Lipinski definition) is 3. The third kappa shape index (κ3) is 4.54. The second kappa shape index (κ2) is 9.41. The van der Waals surface area contributed by atoms with Gasteiger partial charge in [-0.3, -0.25) is 4.79 Å². The Kier molecular flexibility index (Phi) is 6.71. The van der Waals surface area contributed by atoms with Gasteiger partial charge >= 0.3 is 0 Å². The van der Waals surface area contributed by atoms with Crippen molar-refractivity contribution >= 4 is 22.8 Å². The number of fused-ring (bicyclic) bond motifs is 1. The molecule has 4 heteroatoms. The van der Waals surface area contributed by atoms with Crippen LogP contribution in [0.2, 0.25) is 0 Å². The highest BCUT2D eigenvalue weighted by atomic mass is 16.5. The first-order chi connectivity index (χ1) is 13.6. The van der Waals surface area contributed by atoms with Gasteiger partial charge in [0.2, 0.25) is 0 Å². The average Bonchev–Trinajstić information content (AvgIpc) is 2.72. The van der Waals surface area contributed by atoms with Crippen molar-refractivity contribution in [2.75, 3.05) is 6.61 Å². The van der Waals surface area contributed by atoms with E-state index in [-0.39, 0.29) is 17.5 Å². The van der Waals surface area contributed by atoms with Gasteiger partial charge in [-0.25, -0.2) is 0 Å². The summed E-state index contributed by atoms with van der Waals surface area (Å²) in [7, 11) is 0. The van der Waals surface area contributed by atoms with Gasteiger partial charge in [0.25, 0.3) is 5.91 Å². The van der Waals surface area contributed by atoms with Crippen molar-refractivity contribution in [2.24, 2.45) is 5.92 Å². The summed E-state index contributed by atoms with van der Waals surface area (Å²) in [5.74, 6) is 0.849. The van der Waals surface area contributed by atoms with Gasteiger partial charge in [-0.05, 0) is 48.1 Å². The average molecular weight is 377 g/mol. The molecule has 1 fully saturated rings. The van der Waals surface area contributed by atoms with Crippen LogP contribution in [0.5, 0.6) is 5.75 Å². The molecule has 0 radical (unpaired) electrons. The number of rotatable bonds is 6. The van der Waals surface area contributed by atoms with Crippen molar-refractivity contribution < 1.29 is 9.53 Å². The topological polar surface area (TPSA) is 62.1 Å². The fourth-order valence-electron chi connectivity index (χ4n) is 3.83. The Hall–Kier alpha value is -2.80. The van der Waals surface area contributed by atoms with Crippen LogP contribution >= 0.6 is 0 Å². The van der Waals surface area contributed by atoms with Gasteiger partial charge in [0.15, 0.2) is 0 Å². The second-order valence-corrected chi connectivity index (χ2v) is 7.56. The SMILES string of the molecule is CCCOc1ccc2ccccc2c1/C=C(\C#N)C(=O)N[C@H]1CCCC[C@H]1C. The van der Waals surface area contributed by atoms with E-state index in [4.69, 9.17) is 4.74 Å². The summed E-state index contributed by atoms with van der Waals surface area (Å²) < 4.78 is 5.90. The Morgan fingerprint density at radius 1 is 1.25 bits per heavy atom. The Morgan fingerprint density at radius 2 is 2.04 bits per heavy atom. The van der Waals surface area contributed by atoms with E-state index in [0.717, 1.165) is 42.0 Å². The normalized spacial score (nSPS) is 19.8. The van der Waals surface area contributed by atoms with E-state index >= 15 is 0 Å². The Balaban J connectivity index is 1.95. The largest absolute Gasteiger partial charge is 0.493 e. The molecule has 4 nitrogen and oxygen atoms in total. The number of amides is 1. The van der Waals surface area contributed by atoms with Gasteiger partial charge in [-0.1, -0.05) is 57.0 Å². The summed E-state index contributed by atoms with van der Waals surface area (Å²) in [5.41, 5.74) is 0.908. The maximum Gasteiger partial charge on any atom is 0.262 e. The maximum absolute atomic E-state index is 12.8. The number of nitrogens with zero attached hydrogens (tertiary/aromatic N) is 1. The molecule has 1 aliphatic rings. The lowest BCUT2D eigenvalue weighted by molar-refractivity contribution is -0.118. The van der Waals surface area contributed by atoms with Crippen LogP contribution in [-0.4, -0.2) is 18.6 Å². The molecule has 0 aromatic heterocycles. The minimum atomic E-state index is -0.296. The second-order valence-electron chi connectivity index (χ2n) is 7.56. The van der Waals surface area contributed by atoms with Crippen LogP contribution in [0.15, 0.2) is 42.0 Å². The minimum absolute atomic E-state index is 0.121. The zero-order valence-electron chi connectivity index (χ0n) is 16.7. The highest BCUT2D eigenvalue weighted by molar-refractivity contribution is 6.05. The number of nitriles is 1. The molecule has 1 amide bonds. The van der Waals surface area contributed by atoms with E-state index in [0.29, 0.717) is 18.3 Å². The molecule has 0 unspecified atom stereocenters. The van der Waals surface area contributed by atoms with E-state index in [1.807, 2.05) is 36.4 Å². The highest BCUT2D eigenvalue weighted by Crippen LogP contribution is 2.31. The van der Waals surface area contributed by atoms with Crippen LogP contribution in [0.3, 0.4) is 0 Å². The molecule has 0 aliphatic heterocycles. The van der Waals surface area contributed by atoms with E-state index < -0.39 is 0 Å². The lowest BCUT2D eigenvalue weighted by atomic mass is 9.86. The van der Waals surface area contributed by atoms with Crippen molar-refractivity contribution in [3.05, 3.63) is 47.5 Å². The molecule has 2 atom stereocenters. The Bertz CT molecular complexity index is 910. The summed E-state index contributed by atoms with van der Waals surface area (Å²) in [6.07, 6.45) is 7.00. The van der Waals surface area contributed by atoms with Crippen LogP contribution in [0.1, 0.15) is 51.5 Å². The molecule has 2 aromatic rings. The van der Waals surface area contributed by atoms with Crippen molar-refractivity contribution in [3.63, 3.8) is 0 Å². The zero-order valence-corrected chi connectivity index (χ0v) is 16.7. The van der Waals surface area contributed by atoms with Gasteiger partial charge < -0.3 is 10.1 Å². The molecule has 0 bridgehead atoms. The molecule has 1 saturated carbocycles. The van der Waals surface area contributed by atoms with Crippen molar-refractivity contribution in [1.29, 1.82) is 5.26 Å². The summed E-state index contributed by atoms with van der Waals surface area (Å²) in [6, 6.07) is 14.1. The lowest BCUT2D eigenvalue weighted by Crippen LogP contribution is -2.41. The molecule has 0 saturated heterocycles. The smallest absolute Gasteiger partial charge is 0.262 e. The van der Waals surface area contributed by atoms with E-state index in [1.54, 1.807) is 6.08 Å². The number of carbonyl (C=O) groups is 1. The molecular weight excluding hydrogens is 348 g/mol. The van der Waals surface area contributed by atoms with E-state index in [1.165, 1.54) is 6.42 Å². The fourth-order valence-corrected chi connectivity index (χ4v) is 3.83. The van der Waals surface area contributed by atoms with Gasteiger partial charge in [-0.15, -0.1) is 0 Å². The van der Waals surface area contributed by atoms with Gasteiger partial charge in [0.05, 0.1) is 6.61 Å². The third-order valence-corrected chi connectivity index (χ3v) is 5.47. The molecular formula is C24H28N2O2. The molecule has 146 valence electrons. The summed E-state index contributed by atoms with van der Waals surface area (Å²) in [5, 5.41) is 14.8. The standard InChI is InChI=1S/C24H28N2O2/c1-3-14-28-23-13-12-18-9-5-6-10-20(18)21(23)15-19(16-25)24(27)26-22-11-7-4-8-17(22)2/h5-6,9-10,12-13,15,17,22H,3-4,7-8,11,14H2,1-2H3,(H,26,27)/b19-15+/t17-,22+/m1/s1. The first kappa shape index (κ1) is 19.9. The summed E-state index contributed by atoms with van der Waals surface area (Å²) in [6.45, 7) is 4.81. The fraction of sp³-hybridized carbons (Fsp3) is 0.417. The molecule has 3 rings (SSSR count). The van der Waals surface area contributed by atoms with Crippen LogP contribution < -0.4 is 10.1 Å². The lowest BCUT2D eigenvalue weighted by Gasteiger charge is -2.29. The van der Waals surface area contributed by atoms with E-state index in [2.05, 4.69) is 25.2 Å². The Labute approximate surface area is 167 Å².